The zero-order valence-corrected chi connectivity index (χ0v) is 17.6. The fourth-order valence-corrected chi connectivity index (χ4v) is 4.31. The number of carbonyl (C=O) groups is 2. The SMILES string of the molecule is CN(C)CC(=O)Nc1ccc2c(c1)[C@@H]1C[C@H](CC(=O)NCC3CC3)O[C@@H](CO)[C@@H]1O2. The highest BCUT2D eigenvalue weighted by atomic mass is 16.6. The third kappa shape index (κ3) is 4.94. The summed E-state index contributed by atoms with van der Waals surface area (Å²) in [6, 6.07) is 5.61. The van der Waals surface area contributed by atoms with Crippen molar-refractivity contribution in [3.05, 3.63) is 23.8 Å². The van der Waals surface area contributed by atoms with E-state index in [1.807, 2.05) is 37.2 Å². The number of amides is 2. The number of nitrogens with one attached hydrogen (secondary N) is 2. The highest BCUT2D eigenvalue weighted by Crippen LogP contribution is 2.47. The molecule has 164 valence electrons. The van der Waals surface area contributed by atoms with Gasteiger partial charge in [0.05, 0.1) is 25.7 Å². The molecule has 8 heteroatoms. The number of hydrogen-bond acceptors (Lipinski definition) is 6. The van der Waals surface area contributed by atoms with E-state index in [9.17, 15) is 14.7 Å². The smallest absolute Gasteiger partial charge is 0.238 e. The maximum Gasteiger partial charge on any atom is 0.238 e. The minimum absolute atomic E-state index is 0.00845. The highest BCUT2D eigenvalue weighted by Gasteiger charge is 2.46. The van der Waals surface area contributed by atoms with Gasteiger partial charge in [-0.1, -0.05) is 0 Å². The van der Waals surface area contributed by atoms with Crippen LogP contribution in [0.5, 0.6) is 5.75 Å². The number of likely N-dealkylation sites (N-methyl/N-ethyl adjacent to an activating group) is 1. The summed E-state index contributed by atoms with van der Waals surface area (Å²) in [7, 11) is 3.69. The number of ether oxygens (including phenoxy) is 2. The van der Waals surface area contributed by atoms with E-state index in [1.165, 1.54) is 12.8 Å². The summed E-state index contributed by atoms with van der Waals surface area (Å²) in [5.74, 6) is 1.30. The molecule has 0 spiro atoms. The second-order valence-corrected chi connectivity index (χ2v) is 8.89. The normalized spacial score (nSPS) is 27.2. The quantitative estimate of drug-likeness (QED) is 0.586. The molecule has 3 aliphatic rings. The van der Waals surface area contributed by atoms with E-state index in [0.29, 0.717) is 18.9 Å². The molecule has 1 aliphatic carbocycles. The topological polar surface area (TPSA) is 100 Å². The van der Waals surface area contributed by atoms with E-state index in [-0.39, 0.29) is 43.0 Å². The highest BCUT2D eigenvalue weighted by molar-refractivity contribution is 5.92. The molecule has 4 atom stereocenters. The average Bonchev–Trinajstić information content (AvgIpc) is 3.45. The van der Waals surface area contributed by atoms with E-state index in [1.54, 1.807) is 0 Å². The Morgan fingerprint density at radius 3 is 2.73 bits per heavy atom. The maximum atomic E-state index is 12.3. The minimum Gasteiger partial charge on any atom is -0.487 e. The second kappa shape index (κ2) is 8.91. The van der Waals surface area contributed by atoms with Crippen molar-refractivity contribution in [2.45, 2.75) is 49.9 Å². The Hall–Kier alpha value is -2.16. The van der Waals surface area contributed by atoms with Crippen LogP contribution in [0.1, 0.15) is 37.2 Å². The molecule has 0 radical (unpaired) electrons. The molecule has 1 aromatic rings. The van der Waals surface area contributed by atoms with E-state index in [4.69, 9.17) is 9.47 Å². The summed E-state index contributed by atoms with van der Waals surface area (Å²) in [5, 5.41) is 15.7. The molecule has 0 aromatic heterocycles. The van der Waals surface area contributed by atoms with Crippen molar-refractivity contribution in [2.24, 2.45) is 5.92 Å². The first-order chi connectivity index (χ1) is 14.4. The third-order valence-corrected chi connectivity index (χ3v) is 5.94. The number of aliphatic hydroxyl groups is 1. The summed E-state index contributed by atoms with van der Waals surface area (Å²) in [4.78, 5) is 26.2. The van der Waals surface area contributed by atoms with Crippen LogP contribution in [0.2, 0.25) is 0 Å². The number of rotatable bonds is 8. The molecule has 1 saturated carbocycles. The van der Waals surface area contributed by atoms with Crippen LogP contribution in [0.25, 0.3) is 0 Å². The van der Waals surface area contributed by atoms with Crippen molar-refractivity contribution in [1.29, 1.82) is 0 Å². The molecule has 0 unspecified atom stereocenters. The Morgan fingerprint density at radius 1 is 1.23 bits per heavy atom. The van der Waals surface area contributed by atoms with Crippen molar-refractivity contribution >= 4 is 17.5 Å². The van der Waals surface area contributed by atoms with Gasteiger partial charge in [-0.25, -0.2) is 0 Å². The molecule has 8 nitrogen and oxygen atoms in total. The largest absolute Gasteiger partial charge is 0.487 e. The molecule has 2 heterocycles. The predicted molar refractivity (Wildman–Crippen MR) is 111 cm³/mol. The van der Waals surface area contributed by atoms with Crippen molar-refractivity contribution in [3.8, 4) is 5.75 Å². The van der Waals surface area contributed by atoms with Crippen molar-refractivity contribution in [3.63, 3.8) is 0 Å². The molecule has 1 aromatic carbocycles. The zero-order valence-electron chi connectivity index (χ0n) is 17.6. The number of aliphatic hydroxyl groups excluding tert-OH is 1. The Morgan fingerprint density at radius 2 is 2.03 bits per heavy atom. The fourth-order valence-electron chi connectivity index (χ4n) is 4.31. The van der Waals surface area contributed by atoms with Gasteiger partial charge in [0.25, 0.3) is 0 Å². The lowest BCUT2D eigenvalue weighted by atomic mass is 9.84. The molecule has 2 amide bonds. The van der Waals surface area contributed by atoms with Crippen molar-refractivity contribution in [1.82, 2.24) is 10.2 Å². The van der Waals surface area contributed by atoms with Crippen LogP contribution < -0.4 is 15.4 Å². The summed E-state index contributed by atoms with van der Waals surface area (Å²) >= 11 is 0. The van der Waals surface area contributed by atoms with E-state index >= 15 is 0 Å². The van der Waals surface area contributed by atoms with Crippen molar-refractivity contribution in [2.75, 3.05) is 39.1 Å². The Kier molecular flexibility index (Phi) is 6.26. The number of benzene rings is 1. The van der Waals surface area contributed by atoms with Gasteiger partial charge in [0, 0.05) is 23.7 Å². The van der Waals surface area contributed by atoms with Gasteiger partial charge in [-0.15, -0.1) is 0 Å². The average molecular weight is 418 g/mol. The van der Waals surface area contributed by atoms with Gasteiger partial charge in [0.15, 0.2) is 0 Å². The molecular weight excluding hydrogens is 386 g/mol. The first-order valence-electron chi connectivity index (χ1n) is 10.7. The lowest BCUT2D eigenvalue weighted by Crippen LogP contribution is -2.47. The molecule has 1 saturated heterocycles. The van der Waals surface area contributed by atoms with Crippen LogP contribution in [0.15, 0.2) is 18.2 Å². The Bertz CT molecular complexity index is 795. The van der Waals surface area contributed by atoms with Gasteiger partial charge in [-0.3, -0.25) is 9.59 Å². The third-order valence-electron chi connectivity index (χ3n) is 5.94. The van der Waals surface area contributed by atoms with Crippen LogP contribution in [-0.2, 0) is 14.3 Å². The Labute approximate surface area is 176 Å². The fraction of sp³-hybridized carbons (Fsp3) is 0.636. The zero-order chi connectivity index (χ0) is 21.3. The van der Waals surface area contributed by atoms with Crippen LogP contribution in [0, 0.1) is 5.92 Å². The van der Waals surface area contributed by atoms with E-state index in [2.05, 4.69) is 10.6 Å². The van der Waals surface area contributed by atoms with Gasteiger partial charge < -0.3 is 30.1 Å². The summed E-state index contributed by atoms with van der Waals surface area (Å²) in [6.45, 7) is 0.878. The molecular formula is C22H31N3O5. The van der Waals surface area contributed by atoms with Gasteiger partial charge in [0.1, 0.15) is 18.0 Å². The van der Waals surface area contributed by atoms with Gasteiger partial charge in [0.2, 0.25) is 11.8 Å². The van der Waals surface area contributed by atoms with Crippen LogP contribution in [-0.4, -0.2) is 73.9 Å². The standard InChI is InChI=1S/C22H31N3O5/c1-25(2)11-21(28)24-14-5-6-18-16(7-14)17-8-15(29-19(12-26)22(17)30-18)9-20(27)23-10-13-3-4-13/h5-7,13,15,17,19,22,26H,3-4,8-12H2,1-2H3,(H,23,27)(H,24,28)/t15-,17+,19+,22-/m1/s1. The van der Waals surface area contributed by atoms with Gasteiger partial charge in [-0.05, 0) is 57.5 Å². The number of hydrogen-bond donors (Lipinski definition) is 3. The van der Waals surface area contributed by atoms with Crippen LogP contribution in [0.4, 0.5) is 5.69 Å². The molecule has 3 N–H and O–H groups in total. The molecule has 4 rings (SSSR count). The number of carbonyl (C=O) groups excluding carboxylic acids is 2. The first-order valence-corrected chi connectivity index (χ1v) is 10.7. The minimum atomic E-state index is -0.482. The first kappa shape index (κ1) is 21.1. The van der Waals surface area contributed by atoms with Crippen LogP contribution >= 0.6 is 0 Å². The van der Waals surface area contributed by atoms with Crippen molar-refractivity contribution < 1.29 is 24.2 Å². The number of fused-ring (bicyclic) bond motifs is 3. The number of anilines is 1. The monoisotopic (exact) mass is 417 g/mol. The van der Waals surface area contributed by atoms with Gasteiger partial charge >= 0.3 is 0 Å². The van der Waals surface area contributed by atoms with Crippen LogP contribution in [0.3, 0.4) is 0 Å². The number of nitrogens with zero attached hydrogens (tertiary/aromatic N) is 1. The second-order valence-electron chi connectivity index (χ2n) is 8.89. The lowest BCUT2D eigenvalue weighted by molar-refractivity contribution is -0.142. The maximum absolute atomic E-state index is 12.3. The molecule has 2 aliphatic heterocycles. The van der Waals surface area contributed by atoms with E-state index in [0.717, 1.165) is 23.5 Å². The lowest BCUT2D eigenvalue weighted by Gasteiger charge is -2.37. The summed E-state index contributed by atoms with van der Waals surface area (Å²) in [5.41, 5.74) is 1.71. The summed E-state index contributed by atoms with van der Waals surface area (Å²) in [6.07, 6.45) is 2.26. The molecule has 30 heavy (non-hydrogen) atoms. The molecule has 0 bridgehead atoms. The van der Waals surface area contributed by atoms with Gasteiger partial charge in [-0.2, -0.15) is 0 Å². The Balaban J connectivity index is 1.44. The summed E-state index contributed by atoms with van der Waals surface area (Å²) < 4.78 is 12.1. The van der Waals surface area contributed by atoms with E-state index < -0.39 is 6.10 Å². The molecule has 2 fully saturated rings. The predicted octanol–water partition coefficient (Wildman–Crippen LogP) is 1.10.